The molecule has 0 saturated heterocycles. The molecule has 2 heterocycles. The van der Waals surface area contributed by atoms with E-state index in [1.807, 2.05) is 41.8 Å². The van der Waals surface area contributed by atoms with Crippen LogP contribution in [0.4, 0.5) is 10.8 Å². The van der Waals surface area contributed by atoms with Crippen molar-refractivity contribution in [1.29, 1.82) is 0 Å². The second kappa shape index (κ2) is 12.1. The van der Waals surface area contributed by atoms with Crippen LogP contribution in [0.1, 0.15) is 10.8 Å². The molecule has 1 unspecified atom stereocenters. The first kappa shape index (κ1) is 27.7. The van der Waals surface area contributed by atoms with Crippen LogP contribution in [-0.2, 0) is 14.8 Å². The number of carbonyl (C=O) groups excluding carboxylic acids is 1. The Balaban J connectivity index is 1.32. The van der Waals surface area contributed by atoms with Gasteiger partial charge in [0.2, 0.25) is 5.91 Å². The fourth-order valence-electron chi connectivity index (χ4n) is 3.55. The first-order valence-electron chi connectivity index (χ1n) is 11.4. The second-order valence-electron chi connectivity index (χ2n) is 8.13. The van der Waals surface area contributed by atoms with E-state index in [1.54, 1.807) is 53.9 Å². The zero-order valence-corrected chi connectivity index (χ0v) is 24.7. The van der Waals surface area contributed by atoms with E-state index in [4.69, 9.17) is 23.2 Å². The quantitative estimate of drug-likeness (QED) is 0.159. The van der Waals surface area contributed by atoms with Gasteiger partial charge in [0.1, 0.15) is 9.46 Å². The molecular formula is C27H19Cl2N3O3S4. The highest BCUT2D eigenvalue weighted by Gasteiger charge is 2.24. The average Bonchev–Trinajstić information content (AvgIpc) is 3.64. The number of hydrogen-bond acceptors (Lipinski definition) is 7. The molecule has 3 aromatic carbocycles. The van der Waals surface area contributed by atoms with Gasteiger partial charge in [0.15, 0.2) is 5.13 Å². The van der Waals surface area contributed by atoms with Crippen molar-refractivity contribution in [1.82, 2.24) is 4.98 Å². The van der Waals surface area contributed by atoms with Crippen LogP contribution in [-0.4, -0.2) is 19.3 Å². The fourth-order valence-corrected chi connectivity index (χ4v) is 7.65. The Morgan fingerprint density at radius 2 is 1.67 bits per heavy atom. The Morgan fingerprint density at radius 1 is 0.897 bits per heavy atom. The van der Waals surface area contributed by atoms with Crippen LogP contribution >= 0.6 is 57.6 Å². The third kappa shape index (κ3) is 6.84. The zero-order valence-electron chi connectivity index (χ0n) is 19.9. The monoisotopic (exact) mass is 631 g/mol. The molecule has 1 amide bonds. The van der Waals surface area contributed by atoms with Crippen molar-refractivity contribution in [2.75, 3.05) is 10.0 Å². The predicted molar refractivity (Wildman–Crippen MR) is 163 cm³/mol. The van der Waals surface area contributed by atoms with Crippen molar-refractivity contribution >= 4 is 84.4 Å². The lowest BCUT2D eigenvalue weighted by atomic mass is 10.1. The van der Waals surface area contributed by atoms with Gasteiger partial charge in [-0.05, 0) is 53.4 Å². The van der Waals surface area contributed by atoms with Gasteiger partial charge < -0.3 is 5.32 Å². The van der Waals surface area contributed by atoms with E-state index in [-0.39, 0.29) is 10.1 Å². The fraction of sp³-hybridized carbons (Fsp3) is 0.0370. The number of carbonyl (C=O) groups is 1. The van der Waals surface area contributed by atoms with E-state index >= 15 is 0 Å². The highest BCUT2D eigenvalue weighted by molar-refractivity contribution is 8.00. The number of thiazole rings is 1. The van der Waals surface area contributed by atoms with Gasteiger partial charge in [-0.3, -0.25) is 9.52 Å². The molecule has 0 aliphatic carbocycles. The number of thioether (sulfide) groups is 1. The first-order valence-corrected chi connectivity index (χ1v) is 16.3. The Kier molecular flexibility index (Phi) is 8.61. The summed E-state index contributed by atoms with van der Waals surface area (Å²) in [6.45, 7) is 0. The molecule has 0 spiro atoms. The summed E-state index contributed by atoms with van der Waals surface area (Å²) in [5.74, 6) is -0.233. The van der Waals surface area contributed by atoms with Crippen LogP contribution in [0.25, 0.3) is 11.3 Å². The summed E-state index contributed by atoms with van der Waals surface area (Å²) < 4.78 is 27.9. The standard InChI is InChI=1S/C27H19Cl2N3O3S4/c28-21-13-8-18(15-22(21)29)23-16-37-27(30-23)31-26(33)25(17-5-2-1-3-6-17)38-20-11-9-19(10-12-20)32-39(34,35)24-7-4-14-36-24/h1-16,25,32H,(H,30,31,33). The Labute approximate surface area is 248 Å². The third-order valence-electron chi connectivity index (χ3n) is 5.41. The third-order valence-corrected chi connectivity index (χ3v) is 11.0. The van der Waals surface area contributed by atoms with Crippen LogP contribution in [0.15, 0.2) is 105 Å². The number of sulfonamides is 1. The average molecular weight is 633 g/mol. The minimum atomic E-state index is -3.64. The summed E-state index contributed by atoms with van der Waals surface area (Å²) in [5, 5.41) is 7.26. The summed E-state index contributed by atoms with van der Waals surface area (Å²) >= 11 is 16.0. The molecule has 0 aliphatic rings. The molecule has 2 N–H and O–H groups in total. The number of amides is 1. The Bertz CT molecular complexity index is 1690. The van der Waals surface area contributed by atoms with Crippen LogP contribution in [0.5, 0.6) is 0 Å². The van der Waals surface area contributed by atoms with Gasteiger partial charge in [-0.25, -0.2) is 13.4 Å². The highest BCUT2D eigenvalue weighted by Crippen LogP contribution is 2.38. The summed E-state index contributed by atoms with van der Waals surface area (Å²) in [6, 6.07) is 24.9. The van der Waals surface area contributed by atoms with Gasteiger partial charge >= 0.3 is 0 Å². The first-order chi connectivity index (χ1) is 18.8. The Hall–Kier alpha value is -2.86. The largest absolute Gasteiger partial charge is 0.301 e. The normalized spacial score (nSPS) is 12.2. The van der Waals surface area contributed by atoms with Gasteiger partial charge in [0.05, 0.1) is 15.7 Å². The molecule has 1 atom stereocenters. The van der Waals surface area contributed by atoms with Crippen molar-refractivity contribution in [2.45, 2.75) is 14.4 Å². The van der Waals surface area contributed by atoms with Crippen LogP contribution < -0.4 is 10.0 Å². The maximum atomic E-state index is 13.5. The van der Waals surface area contributed by atoms with Crippen molar-refractivity contribution in [3.8, 4) is 11.3 Å². The lowest BCUT2D eigenvalue weighted by Gasteiger charge is -2.16. The van der Waals surface area contributed by atoms with E-state index in [0.717, 1.165) is 27.4 Å². The van der Waals surface area contributed by atoms with Crippen molar-refractivity contribution in [2.24, 2.45) is 0 Å². The molecule has 5 aromatic rings. The van der Waals surface area contributed by atoms with Crippen LogP contribution in [0.3, 0.4) is 0 Å². The molecule has 12 heteroatoms. The van der Waals surface area contributed by atoms with Gasteiger partial charge in [-0.15, -0.1) is 34.4 Å². The molecule has 0 radical (unpaired) electrons. The molecule has 0 saturated carbocycles. The lowest BCUT2D eigenvalue weighted by Crippen LogP contribution is -2.19. The number of rotatable bonds is 9. The van der Waals surface area contributed by atoms with Gasteiger partial charge in [0.25, 0.3) is 10.0 Å². The van der Waals surface area contributed by atoms with E-state index in [9.17, 15) is 13.2 Å². The number of nitrogens with one attached hydrogen (secondary N) is 2. The number of hydrogen-bond donors (Lipinski definition) is 2. The zero-order chi connectivity index (χ0) is 27.4. The number of halogens is 2. The maximum absolute atomic E-state index is 13.5. The number of benzene rings is 3. The van der Waals surface area contributed by atoms with E-state index < -0.39 is 15.3 Å². The molecule has 5 rings (SSSR count). The molecular weight excluding hydrogens is 613 g/mol. The van der Waals surface area contributed by atoms with Crippen molar-refractivity contribution < 1.29 is 13.2 Å². The van der Waals surface area contributed by atoms with Gasteiger partial charge in [-0.1, -0.05) is 65.7 Å². The molecule has 198 valence electrons. The molecule has 39 heavy (non-hydrogen) atoms. The second-order valence-corrected chi connectivity index (χ2v) is 13.8. The summed E-state index contributed by atoms with van der Waals surface area (Å²) in [7, 11) is -3.64. The van der Waals surface area contributed by atoms with Crippen molar-refractivity contribution in [3.05, 3.63) is 111 Å². The number of anilines is 2. The minimum absolute atomic E-state index is 0.233. The summed E-state index contributed by atoms with van der Waals surface area (Å²) in [5.41, 5.74) is 2.73. The highest BCUT2D eigenvalue weighted by atomic mass is 35.5. The van der Waals surface area contributed by atoms with Gasteiger partial charge in [0, 0.05) is 21.5 Å². The lowest BCUT2D eigenvalue weighted by molar-refractivity contribution is -0.115. The SMILES string of the molecule is O=C(Nc1nc(-c2ccc(Cl)c(Cl)c2)cs1)C(Sc1ccc(NS(=O)(=O)c2cccs2)cc1)c1ccccc1. The van der Waals surface area contributed by atoms with Crippen LogP contribution in [0.2, 0.25) is 10.0 Å². The Morgan fingerprint density at radius 3 is 2.36 bits per heavy atom. The molecule has 0 aliphatic heterocycles. The predicted octanol–water partition coefficient (Wildman–Crippen LogP) is 8.45. The number of aromatic nitrogens is 1. The van der Waals surface area contributed by atoms with Crippen molar-refractivity contribution in [3.63, 3.8) is 0 Å². The van der Waals surface area contributed by atoms with E-state index in [2.05, 4.69) is 15.0 Å². The summed E-state index contributed by atoms with van der Waals surface area (Å²) in [4.78, 5) is 18.8. The minimum Gasteiger partial charge on any atom is -0.301 e. The van der Waals surface area contributed by atoms with E-state index in [0.29, 0.717) is 26.6 Å². The number of thiophene rings is 1. The summed E-state index contributed by atoms with van der Waals surface area (Å²) in [6.07, 6.45) is 0. The topological polar surface area (TPSA) is 88.2 Å². The van der Waals surface area contributed by atoms with E-state index in [1.165, 1.54) is 23.1 Å². The van der Waals surface area contributed by atoms with Gasteiger partial charge in [-0.2, -0.15) is 0 Å². The molecule has 6 nitrogen and oxygen atoms in total. The number of nitrogens with zero attached hydrogens (tertiary/aromatic N) is 1. The maximum Gasteiger partial charge on any atom is 0.271 e. The molecule has 0 fully saturated rings. The molecule has 0 bridgehead atoms. The molecule has 2 aromatic heterocycles. The smallest absolute Gasteiger partial charge is 0.271 e. The van der Waals surface area contributed by atoms with Crippen LogP contribution in [0, 0.1) is 0 Å².